The number of hydrogen-bond donors (Lipinski definition) is 2. The third-order valence-corrected chi connectivity index (χ3v) is 5.11. The Morgan fingerprint density at radius 3 is 2.85 bits per heavy atom. The van der Waals surface area contributed by atoms with E-state index in [0.29, 0.717) is 6.54 Å². The van der Waals surface area contributed by atoms with E-state index in [4.69, 9.17) is 14.5 Å². The van der Waals surface area contributed by atoms with E-state index in [9.17, 15) is 0 Å². The minimum Gasteiger partial charge on any atom is -0.379 e. The van der Waals surface area contributed by atoms with Crippen molar-refractivity contribution in [2.45, 2.75) is 58.6 Å². The predicted octanol–water partition coefficient (Wildman–Crippen LogP) is 3.31. The van der Waals surface area contributed by atoms with Gasteiger partial charge >= 0.3 is 0 Å². The average Bonchev–Trinajstić information content (AvgIpc) is 3.23. The van der Waals surface area contributed by atoms with Crippen LogP contribution in [0.1, 0.15) is 51.2 Å². The van der Waals surface area contributed by atoms with Gasteiger partial charge in [-0.3, -0.25) is 0 Å². The lowest BCUT2D eigenvalue weighted by atomic mass is 9.98. The molecule has 1 aliphatic heterocycles. The fourth-order valence-corrected chi connectivity index (χ4v) is 3.30. The Morgan fingerprint density at radius 2 is 2.23 bits per heavy atom. The molecule has 150 valence electrons. The number of halogens is 1. The lowest BCUT2D eigenvalue weighted by Crippen LogP contribution is -2.38. The minimum absolute atomic E-state index is 0. The quantitative estimate of drug-likeness (QED) is 0.250. The van der Waals surface area contributed by atoms with Crippen molar-refractivity contribution >= 4 is 41.3 Å². The zero-order valence-corrected chi connectivity index (χ0v) is 19.5. The first-order valence-corrected chi connectivity index (χ1v) is 10.0. The molecule has 8 heteroatoms. The Labute approximate surface area is 178 Å². The van der Waals surface area contributed by atoms with Crippen LogP contribution in [-0.2, 0) is 21.4 Å². The third kappa shape index (κ3) is 8.49. The van der Waals surface area contributed by atoms with Gasteiger partial charge in [0.15, 0.2) is 5.96 Å². The molecule has 1 aliphatic rings. The molecule has 1 fully saturated rings. The highest BCUT2D eigenvalue weighted by Gasteiger charge is 2.18. The summed E-state index contributed by atoms with van der Waals surface area (Å²) in [5.41, 5.74) is 1.12. The van der Waals surface area contributed by atoms with Gasteiger partial charge < -0.3 is 20.1 Å². The fourth-order valence-electron chi connectivity index (χ4n) is 2.40. The zero-order chi connectivity index (χ0) is 18.1. The topological polar surface area (TPSA) is 67.8 Å². The molecule has 1 unspecified atom stereocenters. The van der Waals surface area contributed by atoms with Crippen LogP contribution in [0.2, 0.25) is 0 Å². The SMILES string of the molecule is CCNC(=NCc1csc(C(C)(C)C)n1)NCCCOC1CCOC1.I. The Bertz CT molecular complexity index is 540. The summed E-state index contributed by atoms with van der Waals surface area (Å²) in [5, 5.41) is 9.89. The van der Waals surface area contributed by atoms with Crippen molar-refractivity contribution in [1.29, 1.82) is 0 Å². The van der Waals surface area contributed by atoms with E-state index in [-0.39, 0.29) is 35.5 Å². The van der Waals surface area contributed by atoms with Crippen LogP contribution in [0.25, 0.3) is 0 Å². The summed E-state index contributed by atoms with van der Waals surface area (Å²) in [6.45, 7) is 13.2. The van der Waals surface area contributed by atoms with Crippen LogP contribution in [0.3, 0.4) is 0 Å². The van der Waals surface area contributed by atoms with Crippen LogP contribution >= 0.6 is 35.3 Å². The third-order valence-electron chi connectivity index (χ3n) is 3.79. The van der Waals surface area contributed by atoms with Crippen molar-refractivity contribution in [2.75, 3.05) is 32.9 Å². The van der Waals surface area contributed by atoms with E-state index in [1.165, 1.54) is 0 Å². The molecular formula is C18H33IN4O2S. The summed E-state index contributed by atoms with van der Waals surface area (Å²) >= 11 is 1.71. The van der Waals surface area contributed by atoms with E-state index < -0.39 is 0 Å². The number of aliphatic imine (C=N–C) groups is 1. The first-order chi connectivity index (χ1) is 12.0. The normalized spacial score (nSPS) is 17.8. The maximum atomic E-state index is 5.77. The summed E-state index contributed by atoms with van der Waals surface area (Å²) in [4.78, 5) is 9.32. The van der Waals surface area contributed by atoms with E-state index in [1.54, 1.807) is 11.3 Å². The molecule has 1 aromatic heterocycles. The molecule has 0 amide bonds. The Hall–Kier alpha value is -0.450. The van der Waals surface area contributed by atoms with E-state index in [0.717, 1.165) is 62.4 Å². The van der Waals surface area contributed by atoms with Gasteiger partial charge in [0.1, 0.15) is 0 Å². The molecule has 0 radical (unpaired) electrons. The van der Waals surface area contributed by atoms with Crippen LogP contribution in [0.5, 0.6) is 0 Å². The van der Waals surface area contributed by atoms with Crippen LogP contribution in [0.15, 0.2) is 10.4 Å². The number of ether oxygens (including phenoxy) is 2. The number of nitrogens with zero attached hydrogens (tertiary/aromatic N) is 2. The molecule has 1 atom stereocenters. The fraction of sp³-hybridized carbons (Fsp3) is 0.778. The van der Waals surface area contributed by atoms with Gasteiger partial charge in [-0.15, -0.1) is 35.3 Å². The number of nitrogens with one attached hydrogen (secondary N) is 2. The van der Waals surface area contributed by atoms with Crippen LogP contribution < -0.4 is 10.6 Å². The number of guanidine groups is 1. The summed E-state index contributed by atoms with van der Waals surface area (Å²) in [6, 6.07) is 0. The lowest BCUT2D eigenvalue weighted by Gasteiger charge is -2.13. The largest absolute Gasteiger partial charge is 0.379 e. The molecule has 0 saturated carbocycles. The molecule has 0 aromatic carbocycles. The predicted molar refractivity (Wildman–Crippen MR) is 119 cm³/mol. The van der Waals surface area contributed by atoms with Crippen LogP contribution in [0.4, 0.5) is 0 Å². The molecule has 6 nitrogen and oxygen atoms in total. The molecule has 0 spiro atoms. The first-order valence-electron chi connectivity index (χ1n) is 9.15. The Morgan fingerprint density at radius 1 is 1.42 bits per heavy atom. The van der Waals surface area contributed by atoms with Gasteiger partial charge in [0, 0.05) is 37.1 Å². The molecule has 26 heavy (non-hydrogen) atoms. The maximum Gasteiger partial charge on any atom is 0.191 e. The van der Waals surface area contributed by atoms with Crippen molar-refractivity contribution < 1.29 is 9.47 Å². The lowest BCUT2D eigenvalue weighted by molar-refractivity contribution is 0.0420. The maximum absolute atomic E-state index is 5.77. The van der Waals surface area contributed by atoms with Gasteiger partial charge in [0.05, 0.1) is 30.0 Å². The number of thiazole rings is 1. The van der Waals surface area contributed by atoms with Gasteiger partial charge in [-0.2, -0.15) is 0 Å². The molecule has 0 bridgehead atoms. The number of rotatable bonds is 8. The smallest absolute Gasteiger partial charge is 0.191 e. The van der Waals surface area contributed by atoms with Crippen LogP contribution in [-0.4, -0.2) is 50.0 Å². The average molecular weight is 496 g/mol. The van der Waals surface area contributed by atoms with Crippen molar-refractivity contribution in [3.05, 3.63) is 16.1 Å². The van der Waals surface area contributed by atoms with Gasteiger partial charge in [0.25, 0.3) is 0 Å². The Kier molecular flexibility index (Phi) is 11.0. The van der Waals surface area contributed by atoms with E-state index in [2.05, 4.69) is 48.7 Å². The highest BCUT2D eigenvalue weighted by molar-refractivity contribution is 14.0. The van der Waals surface area contributed by atoms with E-state index in [1.807, 2.05) is 0 Å². The second-order valence-electron chi connectivity index (χ2n) is 7.23. The molecule has 2 heterocycles. The molecule has 2 rings (SSSR count). The second kappa shape index (κ2) is 12.1. The highest BCUT2D eigenvalue weighted by Crippen LogP contribution is 2.25. The van der Waals surface area contributed by atoms with Crippen LogP contribution in [0, 0.1) is 0 Å². The monoisotopic (exact) mass is 496 g/mol. The summed E-state index contributed by atoms with van der Waals surface area (Å²) in [7, 11) is 0. The summed E-state index contributed by atoms with van der Waals surface area (Å²) < 4.78 is 11.1. The van der Waals surface area contributed by atoms with Gasteiger partial charge in [-0.1, -0.05) is 20.8 Å². The minimum atomic E-state index is 0. The van der Waals surface area contributed by atoms with Gasteiger partial charge in [-0.05, 0) is 19.8 Å². The standard InChI is InChI=1S/C18H32N4O2S.HI/c1-5-19-17(20-8-6-9-24-15-7-10-23-12-15)21-11-14-13-25-16(22-14)18(2,3)4;/h13,15H,5-12H2,1-4H3,(H2,19,20,21);1H. The number of hydrogen-bond acceptors (Lipinski definition) is 5. The molecule has 1 saturated heterocycles. The molecule has 0 aliphatic carbocycles. The van der Waals surface area contributed by atoms with Crippen molar-refractivity contribution in [3.8, 4) is 0 Å². The first kappa shape index (κ1) is 23.6. The highest BCUT2D eigenvalue weighted by atomic mass is 127. The van der Waals surface area contributed by atoms with Crippen molar-refractivity contribution in [2.24, 2.45) is 4.99 Å². The van der Waals surface area contributed by atoms with Gasteiger partial charge in [-0.25, -0.2) is 9.98 Å². The summed E-state index contributed by atoms with van der Waals surface area (Å²) in [5.74, 6) is 0.831. The molecule has 1 aromatic rings. The molecule has 2 N–H and O–H groups in total. The summed E-state index contributed by atoms with van der Waals surface area (Å²) in [6.07, 6.45) is 2.25. The zero-order valence-electron chi connectivity index (χ0n) is 16.3. The Balaban J connectivity index is 0.00000338. The number of aromatic nitrogens is 1. The van der Waals surface area contributed by atoms with Gasteiger partial charge in [0.2, 0.25) is 0 Å². The van der Waals surface area contributed by atoms with Crippen molar-refractivity contribution in [1.82, 2.24) is 15.6 Å². The van der Waals surface area contributed by atoms with E-state index >= 15 is 0 Å². The molecular weight excluding hydrogens is 463 g/mol. The van der Waals surface area contributed by atoms with Crippen molar-refractivity contribution in [3.63, 3.8) is 0 Å². The second-order valence-corrected chi connectivity index (χ2v) is 8.08.